The van der Waals surface area contributed by atoms with E-state index in [0.717, 1.165) is 22.3 Å². The largest absolute Gasteiger partial charge is 0.367 e. The van der Waals surface area contributed by atoms with Crippen molar-refractivity contribution in [2.45, 2.75) is 31.5 Å². The lowest BCUT2D eigenvalue weighted by Crippen LogP contribution is -2.29. The fourth-order valence-electron chi connectivity index (χ4n) is 2.81. The van der Waals surface area contributed by atoms with Gasteiger partial charge < -0.3 is 4.74 Å². The third-order valence-corrected chi connectivity index (χ3v) is 5.97. The van der Waals surface area contributed by atoms with Crippen molar-refractivity contribution >= 4 is 10.0 Å². The summed E-state index contributed by atoms with van der Waals surface area (Å²) in [5.74, 6) is 0. The molecule has 0 amide bonds. The Labute approximate surface area is 167 Å². The van der Waals surface area contributed by atoms with Crippen molar-refractivity contribution in [3.8, 4) is 0 Å². The van der Waals surface area contributed by atoms with Crippen LogP contribution in [0.5, 0.6) is 0 Å². The minimum absolute atomic E-state index is 0.159. The van der Waals surface area contributed by atoms with Crippen LogP contribution in [0.2, 0.25) is 0 Å². The van der Waals surface area contributed by atoms with Crippen LogP contribution in [0.3, 0.4) is 0 Å². The summed E-state index contributed by atoms with van der Waals surface area (Å²) < 4.78 is 34.1. The number of sulfonamides is 1. The van der Waals surface area contributed by atoms with Crippen LogP contribution < -0.4 is 4.72 Å². The fourth-order valence-corrected chi connectivity index (χ4v) is 3.84. The lowest BCUT2D eigenvalue weighted by Gasteiger charge is -2.19. The molecule has 0 bridgehead atoms. The predicted molar refractivity (Wildman–Crippen MR) is 112 cm³/mol. The number of hydrogen-bond acceptors (Lipinski definition) is 3. The third-order valence-electron chi connectivity index (χ3n) is 4.53. The van der Waals surface area contributed by atoms with Gasteiger partial charge in [-0.2, -0.15) is 0 Å². The van der Waals surface area contributed by atoms with Gasteiger partial charge in [0.25, 0.3) is 0 Å². The van der Waals surface area contributed by atoms with E-state index in [1.54, 1.807) is 24.3 Å². The first-order valence-corrected chi connectivity index (χ1v) is 10.7. The van der Waals surface area contributed by atoms with E-state index in [1.807, 2.05) is 68.4 Å². The molecule has 0 aliphatic heterocycles. The number of nitrogens with one attached hydrogen (secondary N) is 1. The van der Waals surface area contributed by atoms with Gasteiger partial charge in [0, 0.05) is 6.54 Å². The van der Waals surface area contributed by atoms with Gasteiger partial charge in [0.05, 0.1) is 17.6 Å². The van der Waals surface area contributed by atoms with Crippen LogP contribution in [0, 0.1) is 13.8 Å². The Morgan fingerprint density at radius 1 is 0.821 bits per heavy atom. The quantitative estimate of drug-likeness (QED) is 0.609. The second-order valence-corrected chi connectivity index (χ2v) is 8.63. The summed E-state index contributed by atoms with van der Waals surface area (Å²) in [4.78, 5) is 0.254. The molecule has 0 aliphatic carbocycles. The van der Waals surface area contributed by atoms with Crippen LogP contribution in [0.15, 0.2) is 83.8 Å². The minimum Gasteiger partial charge on any atom is -0.367 e. The molecule has 0 saturated carbocycles. The molecule has 3 rings (SSSR count). The van der Waals surface area contributed by atoms with Crippen LogP contribution in [-0.4, -0.2) is 15.0 Å². The highest BCUT2D eigenvalue weighted by Crippen LogP contribution is 2.20. The standard InChI is InChI=1S/C23H25NO3S/c1-18-8-12-21(13-9-18)23(27-17-20-6-4-3-5-7-20)16-24-28(25,26)22-14-10-19(2)11-15-22/h3-15,23-24H,16-17H2,1-2H3. The lowest BCUT2D eigenvalue weighted by molar-refractivity contribution is 0.0432. The van der Waals surface area contributed by atoms with Crippen LogP contribution in [-0.2, 0) is 21.4 Å². The van der Waals surface area contributed by atoms with Gasteiger partial charge >= 0.3 is 0 Å². The van der Waals surface area contributed by atoms with E-state index >= 15 is 0 Å². The molecule has 28 heavy (non-hydrogen) atoms. The molecule has 1 unspecified atom stereocenters. The van der Waals surface area contributed by atoms with E-state index in [2.05, 4.69) is 4.72 Å². The smallest absolute Gasteiger partial charge is 0.240 e. The van der Waals surface area contributed by atoms with E-state index in [0.29, 0.717) is 6.61 Å². The van der Waals surface area contributed by atoms with Crippen molar-refractivity contribution in [3.63, 3.8) is 0 Å². The van der Waals surface area contributed by atoms with Crippen molar-refractivity contribution < 1.29 is 13.2 Å². The Bertz CT molecular complexity index is 982. The van der Waals surface area contributed by atoms with Gasteiger partial charge in [-0.05, 0) is 37.1 Å². The van der Waals surface area contributed by atoms with Crippen LogP contribution in [0.1, 0.15) is 28.4 Å². The molecule has 146 valence electrons. The molecule has 0 fully saturated rings. The van der Waals surface area contributed by atoms with Gasteiger partial charge in [0.15, 0.2) is 0 Å². The highest BCUT2D eigenvalue weighted by Gasteiger charge is 2.19. The summed E-state index contributed by atoms with van der Waals surface area (Å²) in [6.45, 7) is 4.51. The molecule has 0 aromatic heterocycles. The van der Waals surface area contributed by atoms with E-state index in [4.69, 9.17) is 4.74 Å². The number of benzene rings is 3. The summed E-state index contributed by atoms with van der Waals surface area (Å²) in [6.07, 6.45) is -0.388. The SMILES string of the molecule is Cc1ccc(C(CNS(=O)(=O)c2ccc(C)cc2)OCc2ccccc2)cc1. The Balaban J connectivity index is 1.74. The maximum absolute atomic E-state index is 12.6. The normalized spacial score (nSPS) is 12.6. The molecule has 0 saturated heterocycles. The Morgan fingerprint density at radius 3 is 2.00 bits per heavy atom. The molecule has 0 radical (unpaired) electrons. The van der Waals surface area contributed by atoms with Gasteiger partial charge in [-0.25, -0.2) is 13.1 Å². The predicted octanol–water partition coefficient (Wildman–Crippen LogP) is 4.54. The van der Waals surface area contributed by atoms with Crippen molar-refractivity contribution in [1.82, 2.24) is 4.72 Å². The second kappa shape index (κ2) is 9.15. The zero-order valence-electron chi connectivity index (χ0n) is 16.1. The summed E-state index contributed by atoms with van der Waals surface area (Å²) in [5, 5.41) is 0. The molecule has 5 heteroatoms. The topological polar surface area (TPSA) is 55.4 Å². The molecule has 4 nitrogen and oxygen atoms in total. The van der Waals surface area contributed by atoms with Gasteiger partial charge in [-0.1, -0.05) is 77.9 Å². The van der Waals surface area contributed by atoms with Crippen molar-refractivity contribution in [2.24, 2.45) is 0 Å². The summed E-state index contributed by atoms with van der Waals surface area (Å²) in [5.41, 5.74) is 4.14. The lowest BCUT2D eigenvalue weighted by atomic mass is 10.1. The average molecular weight is 396 g/mol. The number of ether oxygens (including phenoxy) is 1. The van der Waals surface area contributed by atoms with Gasteiger partial charge in [-0.3, -0.25) is 0 Å². The molecule has 3 aromatic rings. The first-order chi connectivity index (χ1) is 13.4. The van der Waals surface area contributed by atoms with Gasteiger partial charge in [-0.15, -0.1) is 0 Å². The van der Waals surface area contributed by atoms with E-state index < -0.39 is 10.0 Å². The van der Waals surface area contributed by atoms with Crippen LogP contribution >= 0.6 is 0 Å². The summed E-state index contributed by atoms with van der Waals surface area (Å²) in [7, 11) is -3.60. The van der Waals surface area contributed by atoms with E-state index in [-0.39, 0.29) is 17.5 Å². The monoisotopic (exact) mass is 395 g/mol. The first-order valence-electron chi connectivity index (χ1n) is 9.22. The van der Waals surface area contributed by atoms with Crippen molar-refractivity contribution in [3.05, 3.63) is 101 Å². The average Bonchev–Trinajstić information content (AvgIpc) is 2.70. The molecule has 3 aromatic carbocycles. The van der Waals surface area contributed by atoms with Crippen LogP contribution in [0.25, 0.3) is 0 Å². The zero-order chi connectivity index (χ0) is 20.0. The molecule has 1 atom stereocenters. The van der Waals surface area contributed by atoms with Gasteiger partial charge in [0.1, 0.15) is 0 Å². The Kier molecular flexibility index (Phi) is 6.62. The second-order valence-electron chi connectivity index (χ2n) is 6.86. The van der Waals surface area contributed by atoms with Crippen LogP contribution in [0.4, 0.5) is 0 Å². The van der Waals surface area contributed by atoms with E-state index in [9.17, 15) is 8.42 Å². The zero-order valence-corrected chi connectivity index (χ0v) is 16.9. The van der Waals surface area contributed by atoms with E-state index in [1.165, 1.54) is 0 Å². The van der Waals surface area contributed by atoms with Gasteiger partial charge in [0.2, 0.25) is 10.0 Å². The number of aryl methyl sites for hydroxylation is 2. The molecule has 0 aliphatic rings. The van der Waals surface area contributed by atoms with Crippen molar-refractivity contribution in [2.75, 3.05) is 6.54 Å². The van der Waals surface area contributed by atoms with Crippen molar-refractivity contribution in [1.29, 1.82) is 0 Å². The summed E-state index contributed by atoms with van der Waals surface area (Å²) >= 11 is 0. The first kappa shape index (κ1) is 20.3. The maximum Gasteiger partial charge on any atom is 0.240 e. The molecule has 0 heterocycles. The highest BCUT2D eigenvalue weighted by molar-refractivity contribution is 7.89. The summed E-state index contributed by atoms with van der Waals surface area (Å²) in [6, 6.07) is 24.6. The molecule has 0 spiro atoms. The Hall–Kier alpha value is -2.47. The number of rotatable bonds is 8. The molecular formula is C23H25NO3S. The number of hydrogen-bond donors (Lipinski definition) is 1. The minimum atomic E-state index is -3.60. The Morgan fingerprint density at radius 2 is 1.39 bits per heavy atom. The molecule has 1 N–H and O–H groups in total. The fraction of sp³-hybridized carbons (Fsp3) is 0.217. The maximum atomic E-state index is 12.6. The highest BCUT2D eigenvalue weighted by atomic mass is 32.2. The third kappa shape index (κ3) is 5.52. The molecular weight excluding hydrogens is 370 g/mol.